The smallest absolute Gasteiger partial charge is 0.151 e. The summed E-state index contributed by atoms with van der Waals surface area (Å²) in [6.07, 6.45) is 0.437. The van der Waals surface area contributed by atoms with E-state index in [1.165, 1.54) is 0 Å². The largest absolute Gasteiger partial charge is 0.352 e. The summed E-state index contributed by atoms with van der Waals surface area (Å²) < 4.78 is 9.41. The minimum absolute atomic E-state index is 0.267. The zero-order valence-electron chi connectivity index (χ0n) is 3.79. The van der Waals surface area contributed by atoms with E-state index >= 15 is 0 Å². The van der Waals surface area contributed by atoms with Crippen LogP contribution in [0, 0.1) is 0 Å². The van der Waals surface area contributed by atoms with Gasteiger partial charge in [-0.15, -0.1) is 0 Å². The molecule has 1 heterocycles. The number of carbonyl (C=O) groups is 1. The van der Waals surface area contributed by atoms with Crippen LogP contribution in [0.3, 0.4) is 0 Å². The van der Waals surface area contributed by atoms with E-state index in [9.17, 15) is 4.79 Å². The minimum atomic E-state index is -0.306. The van der Waals surface area contributed by atoms with Crippen LogP contribution in [0.15, 0.2) is 0 Å². The molecule has 1 rings (SSSR count). The van der Waals surface area contributed by atoms with E-state index in [1.54, 1.807) is 0 Å². The lowest BCUT2D eigenvalue weighted by Gasteiger charge is -1.89. The molecule has 0 N–H and O–H groups in total. The van der Waals surface area contributed by atoms with Crippen molar-refractivity contribution in [3.63, 3.8) is 0 Å². The Morgan fingerprint density at radius 1 is 1.71 bits per heavy atom. The van der Waals surface area contributed by atoms with Crippen molar-refractivity contribution in [1.29, 1.82) is 0 Å². The molecule has 3 heteroatoms. The average Bonchev–Trinajstić information content (AvgIpc) is 2.14. The number of hydrogen-bond donors (Lipinski definition) is 0. The first-order chi connectivity index (χ1) is 3.43. The third-order valence-corrected chi connectivity index (χ3v) is 0.799. The van der Waals surface area contributed by atoms with Crippen molar-refractivity contribution < 1.29 is 14.3 Å². The molecule has 0 unspecified atom stereocenters. The molecule has 0 saturated carbocycles. The quantitative estimate of drug-likeness (QED) is 0.421. The molecular formula is C4H6O3. The van der Waals surface area contributed by atoms with Crippen LogP contribution in [0.4, 0.5) is 0 Å². The second kappa shape index (κ2) is 2.04. The molecule has 1 atom stereocenters. The maximum Gasteiger partial charge on any atom is 0.151 e. The highest BCUT2D eigenvalue weighted by Gasteiger charge is 2.13. The predicted molar refractivity (Wildman–Crippen MR) is 21.8 cm³/mol. The summed E-state index contributed by atoms with van der Waals surface area (Å²) in [5, 5.41) is 0. The fourth-order valence-corrected chi connectivity index (χ4v) is 0.426. The van der Waals surface area contributed by atoms with Gasteiger partial charge in [0.15, 0.2) is 6.29 Å². The minimum Gasteiger partial charge on any atom is -0.352 e. The Hall–Kier alpha value is -0.410. The van der Waals surface area contributed by atoms with Gasteiger partial charge < -0.3 is 14.3 Å². The first-order valence-electron chi connectivity index (χ1n) is 2.08. The Labute approximate surface area is 41.2 Å². The van der Waals surface area contributed by atoms with Crippen molar-refractivity contribution in [2.75, 3.05) is 13.4 Å². The van der Waals surface area contributed by atoms with Crippen LogP contribution >= 0.6 is 0 Å². The molecule has 7 heavy (non-hydrogen) atoms. The molecule has 0 aromatic carbocycles. The Morgan fingerprint density at radius 2 is 2.57 bits per heavy atom. The topological polar surface area (TPSA) is 35.5 Å². The Balaban J connectivity index is 2.26. The molecule has 0 amide bonds. The van der Waals surface area contributed by atoms with Crippen LogP contribution < -0.4 is 0 Å². The molecule has 40 valence electrons. The highest BCUT2D eigenvalue weighted by Crippen LogP contribution is 1.97. The summed E-state index contributed by atoms with van der Waals surface area (Å²) >= 11 is 0. The van der Waals surface area contributed by atoms with Crippen LogP contribution in [-0.2, 0) is 14.3 Å². The van der Waals surface area contributed by atoms with E-state index in [0.29, 0.717) is 6.61 Å². The van der Waals surface area contributed by atoms with Gasteiger partial charge in [0.05, 0.1) is 6.61 Å². The molecule has 1 saturated heterocycles. The van der Waals surface area contributed by atoms with E-state index in [1.807, 2.05) is 0 Å². The zero-order valence-corrected chi connectivity index (χ0v) is 3.79. The van der Waals surface area contributed by atoms with E-state index in [4.69, 9.17) is 9.47 Å². The molecule has 0 spiro atoms. The normalized spacial score (nSPS) is 30.6. The number of hydrogen-bond acceptors (Lipinski definition) is 3. The summed E-state index contributed by atoms with van der Waals surface area (Å²) in [5.74, 6) is 0. The van der Waals surface area contributed by atoms with Crippen molar-refractivity contribution in [1.82, 2.24) is 0 Å². The monoisotopic (exact) mass is 102 g/mol. The summed E-state index contributed by atoms with van der Waals surface area (Å²) in [5.41, 5.74) is 0. The van der Waals surface area contributed by atoms with Gasteiger partial charge in [0.25, 0.3) is 0 Å². The lowest BCUT2D eigenvalue weighted by Crippen LogP contribution is -2.09. The molecule has 3 nitrogen and oxygen atoms in total. The number of aldehydes is 1. The van der Waals surface area contributed by atoms with Gasteiger partial charge in [0.1, 0.15) is 12.9 Å². The molecule has 1 aliphatic rings. The van der Waals surface area contributed by atoms with Gasteiger partial charge in [0, 0.05) is 0 Å². The van der Waals surface area contributed by atoms with Crippen LogP contribution in [0.5, 0.6) is 0 Å². The first kappa shape index (κ1) is 4.74. The highest BCUT2D eigenvalue weighted by atomic mass is 16.7. The average molecular weight is 102 g/mol. The van der Waals surface area contributed by atoms with Gasteiger partial charge in [-0.25, -0.2) is 0 Å². The molecule has 1 aliphatic heterocycles. The third kappa shape index (κ3) is 0.976. The maximum atomic E-state index is 9.80. The van der Waals surface area contributed by atoms with Crippen LogP contribution in [-0.4, -0.2) is 25.8 Å². The second-order valence-electron chi connectivity index (χ2n) is 1.33. The van der Waals surface area contributed by atoms with Crippen LogP contribution in [0.2, 0.25) is 0 Å². The van der Waals surface area contributed by atoms with Gasteiger partial charge in [-0.1, -0.05) is 0 Å². The van der Waals surface area contributed by atoms with E-state index in [2.05, 4.69) is 0 Å². The van der Waals surface area contributed by atoms with E-state index in [-0.39, 0.29) is 12.9 Å². The fourth-order valence-electron chi connectivity index (χ4n) is 0.426. The van der Waals surface area contributed by atoms with Crippen molar-refractivity contribution in [3.05, 3.63) is 0 Å². The summed E-state index contributed by atoms with van der Waals surface area (Å²) in [4.78, 5) is 9.80. The highest BCUT2D eigenvalue weighted by molar-refractivity contribution is 5.56. The predicted octanol–water partition coefficient (Wildman–Crippen LogP) is -0.442. The summed E-state index contributed by atoms with van der Waals surface area (Å²) in [6.45, 7) is 0.687. The molecule has 0 radical (unpaired) electrons. The molecule has 0 aromatic heterocycles. The van der Waals surface area contributed by atoms with Gasteiger partial charge in [-0.3, -0.25) is 0 Å². The second-order valence-corrected chi connectivity index (χ2v) is 1.33. The van der Waals surface area contributed by atoms with Gasteiger partial charge in [-0.05, 0) is 0 Å². The molecule has 0 aliphatic carbocycles. The van der Waals surface area contributed by atoms with E-state index in [0.717, 1.165) is 6.29 Å². The third-order valence-electron chi connectivity index (χ3n) is 0.799. The Morgan fingerprint density at radius 3 is 2.86 bits per heavy atom. The van der Waals surface area contributed by atoms with Crippen molar-refractivity contribution >= 4 is 6.29 Å². The van der Waals surface area contributed by atoms with Crippen molar-refractivity contribution in [3.8, 4) is 0 Å². The standard InChI is InChI=1S/C4H6O3/c5-1-4-2-6-3-7-4/h1,4H,2-3H2/t4-/m0/s1. The van der Waals surface area contributed by atoms with Gasteiger partial charge in [0.2, 0.25) is 0 Å². The SMILES string of the molecule is O=C[C@H]1COCO1. The summed E-state index contributed by atoms with van der Waals surface area (Å²) in [7, 11) is 0. The molecular weight excluding hydrogens is 96.0 g/mol. The zero-order chi connectivity index (χ0) is 5.11. The molecule has 1 fully saturated rings. The first-order valence-corrected chi connectivity index (χ1v) is 2.08. The van der Waals surface area contributed by atoms with Gasteiger partial charge in [-0.2, -0.15) is 0 Å². The molecule has 0 bridgehead atoms. The van der Waals surface area contributed by atoms with Gasteiger partial charge >= 0.3 is 0 Å². The van der Waals surface area contributed by atoms with Crippen molar-refractivity contribution in [2.24, 2.45) is 0 Å². The lowest BCUT2D eigenvalue weighted by molar-refractivity contribution is -0.115. The lowest BCUT2D eigenvalue weighted by atomic mass is 10.4. The Bertz CT molecular complexity index is 65.3. The molecule has 0 aromatic rings. The van der Waals surface area contributed by atoms with Crippen LogP contribution in [0.1, 0.15) is 0 Å². The fraction of sp³-hybridized carbons (Fsp3) is 0.750. The van der Waals surface area contributed by atoms with Crippen LogP contribution in [0.25, 0.3) is 0 Å². The van der Waals surface area contributed by atoms with E-state index < -0.39 is 0 Å². The Kier molecular flexibility index (Phi) is 1.38. The van der Waals surface area contributed by atoms with Crippen molar-refractivity contribution in [2.45, 2.75) is 6.10 Å². The number of ether oxygens (including phenoxy) is 2. The summed E-state index contributed by atoms with van der Waals surface area (Å²) in [6, 6.07) is 0. The number of rotatable bonds is 1. The number of carbonyl (C=O) groups excluding carboxylic acids is 1. The maximum absolute atomic E-state index is 9.80.